The number of unbranched alkanes of at least 4 members (excludes halogenated alkanes) is 18. The maximum Gasteiger partial charge on any atom is 0.306 e. The lowest BCUT2D eigenvalue weighted by atomic mass is 10.0. The summed E-state index contributed by atoms with van der Waals surface area (Å²) in [5, 5.41) is 0. The van der Waals surface area contributed by atoms with Gasteiger partial charge in [-0.15, -0.1) is 0 Å². The number of ether oxygens (including phenoxy) is 3. The van der Waals surface area contributed by atoms with Gasteiger partial charge in [0, 0.05) is 19.3 Å². The first-order valence-corrected chi connectivity index (χ1v) is 25.7. The van der Waals surface area contributed by atoms with Crippen LogP contribution in [0.4, 0.5) is 0 Å². The van der Waals surface area contributed by atoms with E-state index < -0.39 is 6.10 Å². The van der Waals surface area contributed by atoms with Gasteiger partial charge in [-0.1, -0.05) is 221 Å². The molecule has 6 heteroatoms. The molecule has 0 radical (unpaired) electrons. The maximum absolute atomic E-state index is 12.8. The Morgan fingerprint density at radius 1 is 0.333 bits per heavy atom. The summed E-state index contributed by atoms with van der Waals surface area (Å²) in [6.45, 7) is 6.39. The fourth-order valence-electron chi connectivity index (χ4n) is 6.72. The van der Waals surface area contributed by atoms with Crippen LogP contribution in [0, 0.1) is 0 Å². The zero-order valence-electron chi connectivity index (χ0n) is 40.8. The van der Waals surface area contributed by atoms with E-state index in [2.05, 4.69) is 112 Å². The van der Waals surface area contributed by atoms with Crippen molar-refractivity contribution in [1.82, 2.24) is 0 Å². The largest absolute Gasteiger partial charge is 0.462 e. The van der Waals surface area contributed by atoms with Gasteiger partial charge >= 0.3 is 17.9 Å². The number of esters is 3. The predicted molar refractivity (Wildman–Crippen MR) is 270 cm³/mol. The summed E-state index contributed by atoms with van der Waals surface area (Å²) in [5.41, 5.74) is 0. The van der Waals surface area contributed by atoms with E-state index in [1.165, 1.54) is 77.0 Å². The molecule has 0 aromatic heterocycles. The number of carbonyl (C=O) groups excluding carboxylic acids is 3. The summed E-state index contributed by atoms with van der Waals surface area (Å²) in [6, 6.07) is 0. The number of allylic oxidation sites excluding steroid dienone is 16. The van der Waals surface area contributed by atoms with Crippen molar-refractivity contribution in [1.29, 1.82) is 0 Å². The van der Waals surface area contributed by atoms with E-state index in [1.54, 1.807) is 0 Å². The van der Waals surface area contributed by atoms with Crippen LogP contribution in [0.25, 0.3) is 0 Å². The van der Waals surface area contributed by atoms with Crippen molar-refractivity contribution in [3.63, 3.8) is 0 Å². The van der Waals surface area contributed by atoms with Crippen LogP contribution in [0.15, 0.2) is 97.2 Å². The fraction of sp³-hybridized carbons (Fsp3) is 0.667. The number of hydrogen-bond donors (Lipinski definition) is 0. The van der Waals surface area contributed by atoms with E-state index >= 15 is 0 Å². The highest BCUT2D eigenvalue weighted by atomic mass is 16.6. The molecule has 0 rings (SSSR count). The molecular formula is C57H94O6. The van der Waals surface area contributed by atoms with Gasteiger partial charge in [-0.3, -0.25) is 14.4 Å². The third-order valence-electron chi connectivity index (χ3n) is 10.6. The first-order chi connectivity index (χ1) is 31.0. The average Bonchev–Trinajstić information content (AvgIpc) is 3.28. The predicted octanol–water partition coefficient (Wildman–Crippen LogP) is 17.0. The third kappa shape index (κ3) is 49.2. The smallest absolute Gasteiger partial charge is 0.306 e. The minimum atomic E-state index is -0.813. The summed E-state index contributed by atoms with van der Waals surface area (Å²) in [5.74, 6) is -1.01. The van der Waals surface area contributed by atoms with Gasteiger partial charge in [-0.25, -0.2) is 0 Å². The van der Waals surface area contributed by atoms with Crippen LogP contribution in [0.3, 0.4) is 0 Å². The Morgan fingerprint density at radius 2 is 0.667 bits per heavy atom. The molecule has 0 amide bonds. The van der Waals surface area contributed by atoms with Crippen LogP contribution < -0.4 is 0 Å². The van der Waals surface area contributed by atoms with Crippen molar-refractivity contribution in [2.24, 2.45) is 0 Å². The van der Waals surface area contributed by atoms with E-state index in [0.29, 0.717) is 19.3 Å². The third-order valence-corrected chi connectivity index (χ3v) is 10.6. The van der Waals surface area contributed by atoms with Crippen LogP contribution in [-0.4, -0.2) is 37.2 Å². The van der Waals surface area contributed by atoms with Gasteiger partial charge in [-0.05, 0) is 83.5 Å². The van der Waals surface area contributed by atoms with E-state index in [4.69, 9.17) is 14.2 Å². The lowest BCUT2D eigenvalue weighted by Gasteiger charge is -2.18. The Balaban J connectivity index is 4.52. The van der Waals surface area contributed by atoms with Gasteiger partial charge in [0.05, 0.1) is 0 Å². The van der Waals surface area contributed by atoms with Crippen molar-refractivity contribution < 1.29 is 28.6 Å². The van der Waals surface area contributed by atoms with Crippen LogP contribution >= 0.6 is 0 Å². The van der Waals surface area contributed by atoms with Gasteiger partial charge < -0.3 is 14.2 Å². The fourth-order valence-corrected chi connectivity index (χ4v) is 6.72. The summed E-state index contributed by atoms with van der Waals surface area (Å²) in [4.78, 5) is 37.9. The van der Waals surface area contributed by atoms with E-state index in [-0.39, 0.29) is 37.5 Å². The average molecular weight is 875 g/mol. The molecule has 0 spiro atoms. The minimum Gasteiger partial charge on any atom is -0.462 e. The highest BCUT2D eigenvalue weighted by Gasteiger charge is 2.19. The van der Waals surface area contributed by atoms with E-state index in [1.807, 2.05) is 6.08 Å². The lowest BCUT2D eigenvalue weighted by molar-refractivity contribution is -0.166. The molecular weight excluding hydrogens is 781 g/mol. The van der Waals surface area contributed by atoms with Crippen LogP contribution in [0.5, 0.6) is 0 Å². The molecule has 0 saturated carbocycles. The van der Waals surface area contributed by atoms with E-state index in [0.717, 1.165) is 103 Å². The second-order valence-electron chi connectivity index (χ2n) is 16.7. The molecule has 0 aromatic rings. The highest BCUT2D eigenvalue weighted by Crippen LogP contribution is 2.14. The Kier molecular flexibility index (Phi) is 48.0. The first-order valence-electron chi connectivity index (χ1n) is 25.7. The van der Waals surface area contributed by atoms with Crippen molar-refractivity contribution in [2.75, 3.05) is 13.2 Å². The zero-order chi connectivity index (χ0) is 45.8. The Labute approximate surface area is 387 Å². The molecule has 0 saturated heterocycles. The molecule has 358 valence electrons. The second-order valence-corrected chi connectivity index (χ2v) is 16.7. The van der Waals surface area contributed by atoms with Gasteiger partial charge in [0.15, 0.2) is 6.10 Å². The summed E-state index contributed by atoms with van der Waals surface area (Å²) in [7, 11) is 0. The van der Waals surface area contributed by atoms with Crippen molar-refractivity contribution in [3.05, 3.63) is 97.2 Å². The van der Waals surface area contributed by atoms with E-state index in [9.17, 15) is 14.4 Å². The van der Waals surface area contributed by atoms with Crippen LogP contribution in [0.2, 0.25) is 0 Å². The normalized spacial score (nSPS) is 12.9. The second kappa shape index (κ2) is 51.0. The van der Waals surface area contributed by atoms with Gasteiger partial charge in [-0.2, -0.15) is 0 Å². The highest BCUT2D eigenvalue weighted by molar-refractivity contribution is 5.71. The summed E-state index contributed by atoms with van der Waals surface area (Å²) < 4.78 is 16.7. The number of hydrogen-bond acceptors (Lipinski definition) is 6. The monoisotopic (exact) mass is 875 g/mol. The summed E-state index contributed by atoms with van der Waals surface area (Å²) >= 11 is 0. The van der Waals surface area contributed by atoms with Gasteiger partial charge in [0.25, 0.3) is 0 Å². The lowest BCUT2D eigenvalue weighted by Crippen LogP contribution is -2.30. The minimum absolute atomic E-state index is 0.106. The quantitative estimate of drug-likeness (QED) is 0.0262. The van der Waals surface area contributed by atoms with Crippen molar-refractivity contribution >= 4 is 17.9 Å². The summed E-state index contributed by atoms with van der Waals surface area (Å²) in [6.07, 6.45) is 66.8. The van der Waals surface area contributed by atoms with Gasteiger partial charge in [0.2, 0.25) is 0 Å². The molecule has 6 nitrogen and oxygen atoms in total. The standard InChI is InChI=1S/C57H94O6/c1-4-7-10-13-16-19-22-25-27-28-29-30-31-33-35-38-41-44-47-50-56(59)62-53-54(52-61-55(58)49-46-43-40-37-34-24-21-18-15-12-9-6-3)63-57(60)51-48-45-42-39-36-32-26-23-20-17-14-11-8-5-2/h7,10,14,16-17,19,23,25-27,29-30,33,35,41,44,54H,4-6,8-9,11-13,15,18,20-22,24,28,31-32,34,36-40,42-43,45-53H2,1-3H3/b10-7-,17-14-,19-16-,26-23-,27-25-,30-29-,35-33-,44-41-. The molecule has 0 aromatic carbocycles. The topological polar surface area (TPSA) is 78.9 Å². The van der Waals surface area contributed by atoms with Crippen LogP contribution in [-0.2, 0) is 28.6 Å². The SMILES string of the molecule is CC/C=C\C/C=C\C/C=C\C/C=C\C/C=C\C/C=C\CCC(=O)OCC(COC(=O)CCCCCCCCCCCCCC)OC(=O)CCCCCCC/C=C\C/C=C\CCCC. The Morgan fingerprint density at radius 3 is 1.11 bits per heavy atom. The molecule has 0 bridgehead atoms. The van der Waals surface area contributed by atoms with Gasteiger partial charge in [0.1, 0.15) is 13.2 Å². The molecule has 1 unspecified atom stereocenters. The molecule has 0 aliphatic rings. The zero-order valence-corrected chi connectivity index (χ0v) is 40.8. The first kappa shape index (κ1) is 59.3. The Bertz CT molecular complexity index is 1280. The molecule has 0 N–H and O–H groups in total. The molecule has 1 atom stereocenters. The van der Waals surface area contributed by atoms with Crippen molar-refractivity contribution in [2.45, 2.75) is 232 Å². The molecule has 0 heterocycles. The molecule has 0 fully saturated rings. The number of rotatable bonds is 45. The van der Waals surface area contributed by atoms with Crippen molar-refractivity contribution in [3.8, 4) is 0 Å². The Hall–Kier alpha value is -3.67. The molecule has 0 aliphatic heterocycles. The number of carbonyl (C=O) groups is 3. The molecule has 63 heavy (non-hydrogen) atoms. The molecule has 0 aliphatic carbocycles. The maximum atomic E-state index is 12.8. The van der Waals surface area contributed by atoms with Crippen LogP contribution in [0.1, 0.15) is 226 Å².